The van der Waals surface area contributed by atoms with Crippen molar-refractivity contribution >= 4 is 40.5 Å². The first-order valence-electron chi connectivity index (χ1n) is 5.03. The van der Waals surface area contributed by atoms with Gasteiger partial charge in [0.25, 0.3) is 0 Å². The first-order chi connectivity index (χ1) is 8.25. The molecule has 17 heavy (non-hydrogen) atoms. The van der Waals surface area contributed by atoms with Crippen LogP contribution in [0, 0.1) is 0 Å². The molecular formula is C11H8N5Pb. The van der Waals surface area contributed by atoms with Gasteiger partial charge < -0.3 is 0 Å². The van der Waals surface area contributed by atoms with Gasteiger partial charge in [-0.1, -0.05) is 0 Å². The summed E-state index contributed by atoms with van der Waals surface area (Å²) in [5.41, 5.74) is 8.57. The zero-order valence-corrected chi connectivity index (χ0v) is 12.7. The van der Waals surface area contributed by atoms with E-state index in [-0.39, 0.29) is 0 Å². The molecule has 0 aromatic carbocycles. The summed E-state index contributed by atoms with van der Waals surface area (Å²) in [6.07, 6.45) is 3.61. The molecule has 3 rings (SSSR count). The molecule has 0 aliphatic carbocycles. The summed E-state index contributed by atoms with van der Waals surface area (Å²) in [4.78, 5) is 8.17. The van der Waals surface area contributed by atoms with Crippen LogP contribution < -0.4 is 8.99 Å². The molecule has 0 atom stereocenters. The summed E-state index contributed by atoms with van der Waals surface area (Å²) >= 11 is 0.864. The summed E-state index contributed by atoms with van der Waals surface area (Å²) in [5, 5.41) is 4.50. The standard InChI is InChI=1S/C11H8N5.Pb/c12-11-13-5-4-9(15-11)8-7-14-16-6-2-1-3-10(8)16;/h1-6H,(H2,12,13,15);. The van der Waals surface area contributed by atoms with Crippen LogP contribution in [0.25, 0.3) is 16.8 Å². The molecule has 0 aliphatic heterocycles. The predicted molar refractivity (Wildman–Crippen MR) is 66.0 cm³/mol. The second kappa shape index (κ2) is 4.06. The fourth-order valence-electron chi connectivity index (χ4n) is 1.76. The first kappa shape index (κ1) is 10.6. The summed E-state index contributed by atoms with van der Waals surface area (Å²) in [6.45, 7) is 0. The van der Waals surface area contributed by atoms with E-state index in [1.807, 2.05) is 35.0 Å². The number of nitrogens with two attached hydrogens (primary N) is 1. The number of nitrogen functional groups attached to an aromatic ring is 1. The Morgan fingerprint density at radius 3 is 2.94 bits per heavy atom. The number of fused-ring (bicyclic) bond motifs is 1. The Kier molecular flexibility index (Phi) is 2.54. The van der Waals surface area contributed by atoms with E-state index in [9.17, 15) is 0 Å². The summed E-state index contributed by atoms with van der Waals surface area (Å²) < 4.78 is 2.94. The van der Waals surface area contributed by atoms with Crippen molar-refractivity contribution < 1.29 is 0 Å². The van der Waals surface area contributed by atoms with Crippen LogP contribution in [0.2, 0.25) is 0 Å². The van der Waals surface area contributed by atoms with Crippen molar-refractivity contribution in [3.63, 3.8) is 0 Å². The van der Waals surface area contributed by atoms with Gasteiger partial charge in [-0.15, -0.1) is 0 Å². The van der Waals surface area contributed by atoms with Crippen molar-refractivity contribution in [1.82, 2.24) is 19.6 Å². The van der Waals surface area contributed by atoms with Crippen molar-refractivity contribution in [3.05, 3.63) is 36.7 Å². The summed E-state index contributed by atoms with van der Waals surface area (Å²) in [6, 6.07) is 7.84. The number of anilines is 1. The molecule has 0 saturated heterocycles. The topological polar surface area (TPSA) is 69.1 Å². The van der Waals surface area contributed by atoms with Gasteiger partial charge in [-0.05, 0) is 0 Å². The minimum absolute atomic E-state index is 0.291. The van der Waals surface area contributed by atoms with Crippen LogP contribution in [0.5, 0.6) is 0 Å². The predicted octanol–water partition coefficient (Wildman–Crippen LogP) is 0.167. The molecule has 0 spiro atoms. The second-order valence-corrected chi connectivity index (χ2v) is 5.40. The van der Waals surface area contributed by atoms with Gasteiger partial charge >= 0.3 is 114 Å². The van der Waals surface area contributed by atoms with Gasteiger partial charge in [0.05, 0.1) is 0 Å². The number of nitrogens with zero attached hydrogens (tertiary/aromatic N) is 4. The summed E-state index contributed by atoms with van der Waals surface area (Å²) in [5.74, 6) is 0.291. The van der Waals surface area contributed by atoms with Crippen LogP contribution in [0.3, 0.4) is 0 Å². The maximum absolute atomic E-state index is 5.62. The van der Waals surface area contributed by atoms with Crippen molar-refractivity contribution in [3.8, 4) is 11.3 Å². The molecule has 0 aliphatic rings. The molecule has 3 aromatic heterocycles. The number of aromatic nitrogens is 4. The molecule has 0 unspecified atom stereocenters. The fraction of sp³-hybridized carbons (Fsp3) is 0. The number of pyridine rings is 1. The van der Waals surface area contributed by atoms with E-state index < -0.39 is 0 Å². The Hall–Kier alpha value is -1.51. The zero-order chi connectivity index (χ0) is 11.8. The van der Waals surface area contributed by atoms with Gasteiger partial charge in [0, 0.05) is 0 Å². The SMILES string of the molecule is Nc1nccc(-c2[c]([Pb])nn3ccccc23)n1. The summed E-state index contributed by atoms with van der Waals surface area (Å²) in [7, 11) is 0. The molecule has 81 valence electrons. The van der Waals surface area contributed by atoms with Gasteiger partial charge in [0.2, 0.25) is 0 Å². The molecule has 3 radical (unpaired) electrons. The third-order valence-corrected chi connectivity index (χ3v) is 3.83. The van der Waals surface area contributed by atoms with Gasteiger partial charge in [0.1, 0.15) is 0 Å². The van der Waals surface area contributed by atoms with E-state index in [0.717, 1.165) is 45.8 Å². The van der Waals surface area contributed by atoms with Crippen molar-refractivity contribution in [1.29, 1.82) is 0 Å². The van der Waals surface area contributed by atoms with Crippen molar-refractivity contribution in [2.24, 2.45) is 0 Å². The van der Waals surface area contributed by atoms with Gasteiger partial charge in [-0.2, -0.15) is 0 Å². The molecule has 3 heterocycles. The van der Waals surface area contributed by atoms with Crippen LogP contribution in [0.4, 0.5) is 5.95 Å². The Balaban J connectivity index is 2.33. The molecule has 3 aromatic rings. The Labute approximate surface area is 113 Å². The van der Waals surface area contributed by atoms with Crippen LogP contribution in [-0.4, -0.2) is 45.3 Å². The van der Waals surface area contributed by atoms with Crippen molar-refractivity contribution in [2.45, 2.75) is 0 Å². The van der Waals surface area contributed by atoms with E-state index in [1.165, 1.54) is 0 Å². The quantitative estimate of drug-likeness (QED) is 0.573. The van der Waals surface area contributed by atoms with Crippen LogP contribution in [0.1, 0.15) is 0 Å². The number of hydrogen-bond donors (Lipinski definition) is 1. The molecular weight excluding hydrogens is 409 g/mol. The normalized spacial score (nSPS) is 10.9. The minimum atomic E-state index is 0.291. The van der Waals surface area contributed by atoms with Crippen molar-refractivity contribution in [2.75, 3.05) is 5.73 Å². The average molecular weight is 417 g/mol. The van der Waals surface area contributed by atoms with E-state index in [4.69, 9.17) is 5.73 Å². The molecule has 5 nitrogen and oxygen atoms in total. The Morgan fingerprint density at radius 2 is 2.12 bits per heavy atom. The van der Waals surface area contributed by atoms with E-state index in [2.05, 4.69) is 15.1 Å². The van der Waals surface area contributed by atoms with Crippen LogP contribution in [0.15, 0.2) is 36.7 Å². The Bertz CT molecular complexity index is 691. The van der Waals surface area contributed by atoms with E-state index in [0.29, 0.717) is 5.95 Å². The monoisotopic (exact) mass is 418 g/mol. The Morgan fingerprint density at radius 1 is 1.24 bits per heavy atom. The van der Waals surface area contributed by atoms with E-state index >= 15 is 0 Å². The molecule has 0 fully saturated rings. The average Bonchev–Trinajstić information content (AvgIpc) is 2.64. The molecule has 6 heteroatoms. The number of rotatable bonds is 1. The van der Waals surface area contributed by atoms with Gasteiger partial charge in [-0.3, -0.25) is 0 Å². The van der Waals surface area contributed by atoms with Crippen LogP contribution in [-0.2, 0) is 0 Å². The van der Waals surface area contributed by atoms with E-state index in [1.54, 1.807) is 6.20 Å². The maximum atomic E-state index is 5.62. The third kappa shape index (κ3) is 1.80. The van der Waals surface area contributed by atoms with Gasteiger partial charge in [0.15, 0.2) is 0 Å². The fourth-order valence-corrected chi connectivity index (χ4v) is 3.18. The zero-order valence-electron chi connectivity index (χ0n) is 8.83. The second-order valence-electron chi connectivity index (χ2n) is 3.55. The molecule has 2 N–H and O–H groups in total. The number of hydrogen-bond acceptors (Lipinski definition) is 4. The van der Waals surface area contributed by atoms with Crippen LogP contribution >= 0.6 is 0 Å². The van der Waals surface area contributed by atoms with Gasteiger partial charge in [-0.25, -0.2) is 0 Å². The molecule has 0 saturated carbocycles. The first-order valence-corrected chi connectivity index (χ1v) is 6.98. The molecule has 0 bridgehead atoms. The molecule has 0 amide bonds. The third-order valence-electron chi connectivity index (χ3n) is 2.47.